The SMILES string of the molecule is COc1ccc(Cl)cc1NC(=O)C(C)N1CCN(Cc2ccccc2C)CC1. The van der Waals surface area contributed by atoms with Crippen molar-refractivity contribution in [3.05, 3.63) is 58.6 Å². The van der Waals surface area contributed by atoms with E-state index < -0.39 is 0 Å². The highest BCUT2D eigenvalue weighted by molar-refractivity contribution is 6.31. The Morgan fingerprint density at radius 1 is 1.18 bits per heavy atom. The third-order valence-electron chi connectivity index (χ3n) is 5.41. The first-order chi connectivity index (χ1) is 13.5. The summed E-state index contributed by atoms with van der Waals surface area (Å²) in [5, 5.41) is 3.52. The van der Waals surface area contributed by atoms with Gasteiger partial charge >= 0.3 is 0 Å². The summed E-state index contributed by atoms with van der Waals surface area (Å²) in [4.78, 5) is 17.4. The maximum absolute atomic E-state index is 12.7. The van der Waals surface area contributed by atoms with Crippen LogP contribution in [0.4, 0.5) is 5.69 Å². The van der Waals surface area contributed by atoms with Gasteiger partial charge in [-0.15, -0.1) is 0 Å². The summed E-state index contributed by atoms with van der Waals surface area (Å²) in [6, 6.07) is 13.5. The number of carbonyl (C=O) groups is 1. The first-order valence-electron chi connectivity index (χ1n) is 9.63. The van der Waals surface area contributed by atoms with Crippen molar-refractivity contribution in [3.8, 4) is 5.75 Å². The molecule has 2 aromatic carbocycles. The van der Waals surface area contributed by atoms with E-state index in [4.69, 9.17) is 16.3 Å². The second-order valence-corrected chi connectivity index (χ2v) is 7.68. The van der Waals surface area contributed by atoms with E-state index in [-0.39, 0.29) is 11.9 Å². The monoisotopic (exact) mass is 401 g/mol. The summed E-state index contributed by atoms with van der Waals surface area (Å²) in [5.41, 5.74) is 3.30. The minimum absolute atomic E-state index is 0.0482. The molecule has 3 rings (SSSR count). The van der Waals surface area contributed by atoms with Crippen molar-refractivity contribution >= 4 is 23.2 Å². The van der Waals surface area contributed by atoms with Crippen LogP contribution in [0.15, 0.2) is 42.5 Å². The van der Waals surface area contributed by atoms with Crippen LogP contribution >= 0.6 is 11.6 Å². The molecular weight excluding hydrogens is 374 g/mol. The van der Waals surface area contributed by atoms with Crippen LogP contribution in [0.1, 0.15) is 18.1 Å². The molecule has 1 fully saturated rings. The van der Waals surface area contributed by atoms with Gasteiger partial charge in [0.1, 0.15) is 5.75 Å². The molecule has 0 spiro atoms. The summed E-state index contributed by atoms with van der Waals surface area (Å²) >= 11 is 6.06. The molecule has 28 heavy (non-hydrogen) atoms. The number of ether oxygens (including phenoxy) is 1. The molecule has 1 amide bonds. The summed E-state index contributed by atoms with van der Waals surface area (Å²) < 4.78 is 5.31. The lowest BCUT2D eigenvalue weighted by atomic mass is 10.1. The molecule has 1 saturated heterocycles. The van der Waals surface area contributed by atoms with Crippen molar-refractivity contribution in [1.29, 1.82) is 0 Å². The predicted octanol–water partition coefficient (Wildman–Crippen LogP) is 3.80. The molecule has 0 saturated carbocycles. The number of hydrogen-bond acceptors (Lipinski definition) is 4. The van der Waals surface area contributed by atoms with Crippen molar-refractivity contribution in [3.63, 3.8) is 0 Å². The van der Waals surface area contributed by atoms with Crippen LogP contribution in [0.25, 0.3) is 0 Å². The van der Waals surface area contributed by atoms with Crippen LogP contribution in [0, 0.1) is 6.92 Å². The van der Waals surface area contributed by atoms with Crippen molar-refractivity contribution < 1.29 is 9.53 Å². The van der Waals surface area contributed by atoms with Crippen LogP contribution in [0.3, 0.4) is 0 Å². The summed E-state index contributed by atoms with van der Waals surface area (Å²) in [7, 11) is 1.58. The van der Waals surface area contributed by atoms with Crippen molar-refractivity contribution in [2.45, 2.75) is 26.4 Å². The number of methoxy groups -OCH3 is 1. The van der Waals surface area contributed by atoms with Gasteiger partial charge in [-0.2, -0.15) is 0 Å². The fraction of sp³-hybridized carbons (Fsp3) is 0.409. The summed E-state index contributed by atoms with van der Waals surface area (Å²) in [6.45, 7) is 8.70. The molecule has 1 aliphatic heterocycles. The van der Waals surface area contributed by atoms with E-state index in [9.17, 15) is 4.79 Å². The second kappa shape index (κ2) is 9.41. The molecule has 150 valence electrons. The number of nitrogens with zero attached hydrogens (tertiary/aromatic N) is 2. The van der Waals surface area contributed by atoms with Gasteiger partial charge in [-0.3, -0.25) is 14.6 Å². The Balaban J connectivity index is 1.55. The van der Waals surface area contributed by atoms with Crippen LogP contribution < -0.4 is 10.1 Å². The molecule has 0 aromatic heterocycles. The van der Waals surface area contributed by atoms with Crippen LogP contribution in [-0.4, -0.2) is 55.0 Å². The second-order valence-electron chi connectivity index (χ2n) is 7.25. The number of piperazine rings is 1. The molecular formula is C22H28ClN3O2. The number of aryl methyl sites for hydroxylation is 1. The Hall–Kier alpha value is -2.08. The highest BCUT2D eigenvalue weighted by atomic mass is 35.5. The Morgan fingerprint density at radius 2 is 1.89 bits per heavy atom. The van der Waals surface area contributed by atoms with Crippen LogP contribution in [0.5, 0.6) is 5.75 Å². The summed E-state index contributed by atoms with van der Waals surface area (Å²) in [6.07, 6.45) is 0. The first kappa shape index (κ1) is 20.6. The fourth-order valence-corrected chi connectivity index (χ4v) is 3.69. The third kappa shape index (κ3) is 5.04. The fourth-order valence-electron chi connectivity index (χ4n) is 3.52. The molecule has 1 unspecified atom stereocenters. The first-order valence-corrected chi connectivity index (χ1v) is 10.0. The number of rotatable bonds is 6. The van der Waals surface area contributed by atoms with E-state index >= 15 is 0 Å². The van der Waals surface area contributed by atoms with Crippen molar-refractivity contribution in [1.82, 2.24) is 9.80 Å². The zero-order valence-electron chi connectivity index (χ0n) is 16.7. The van der Waals surface area contributed by atoms with Gasteiger partial charge < -0.3 is 10.1 Å². The highest BCUT2D eigenvalue weighted by Gasteiger charge is 2.26. The van der Waals surface area contributed by atoms with Gasteiger partial charge in [-0.25, -0.2) is 0 Å². The molecule has 0 radical (unpaired) electrons. The van der Waals surface area contributed by atoms with Gasteiger partial charge in [0, 0.05) is 37.7 Å². The molecule has 1 aliphatic rings. The number of anilines is 1. The molecule has 0 bridgehead atoms. The molecule has 1 N–H and O–H groups in total. The zero-order valence-corrected chi connectivity index (χ0v) is 17.5. The molecule has 1 heterocycles. The third-order valence-corrected chi connectivity index (χ3v) is 5.64. The highest BCUT2D eigenvalue weighted by Crippen LogP contribution is 2.28. The Kier molecular flexibility index (Phi) is 6.94. The van der Waals surface area contributed by atoms with E-state index in [2.05, 4.69) is 46.3 Å². The number of halogens is 1. The van der Waals surface area contributed by atoms with Gasteiger partial charge in [-0.05, 0) is 43.2 Å². The topological polar surface area (TPSA) is 44.8 Å². The van der Waals surface area contributed by atoms with E-state index in [1.165, 1.54) is 11.1 Å². The van der Waals surface area contributed by atoms with Crippen molar-refractivity contribution in [2.75, 3.05) is 38.6 Å². The quantitative estimate of drug-likeness (QED) is 0.799. The summed E-state index contributed by atoms with van der Waals surface area (Å²) in [5.74, 6) is 0.556. The zero-order chi connectivity index (χ0) is 20.1. The molecule has 5 nitrogen and oxygen atoms in total. The standard InChI is InChI=1S/C22H28ClN3O2/c1-16-6-4-5-7-18(16)15-25-10-12-26(13-11-25)17(2)22(27)24-20-14-19(23)8-9-21(20)28-3/h4-9,14,17H,10-13,15H2,1-3H3,(H,24,27). The van der Waals surface area contributed by atoms with Gasteiger partial charge in [0.05, 0.1) is 18.8 Å². The predicted molar refractivity (Wildman–Crippen MR) is 114 cm³/mol. The number of carbonyl (C=O) groups excluding carboxylic acids is 1. The molecule has 0 aliphatic carbocycles. The number of amides is 1. The maximum atomic E-state index is 12.7. The van der Waals surface area contributed by atoms with Gasteiger partial charge in [0.2, 0.25) is 5.91 Å². The van der Waals surface area contributed by atoms with E-state index in [1.54, 1.807) is 25.3 Å². The van der Waals surface area contributed by atoms with Crippen molar-refractivity contribution in [2.24, 2.45) is 0 Å². The Morgan fingerprint density at radius 3 is 2.57 bits per heavy atom. The lowest BCUT2D eigenvalue weighted by molar-refractivity contribution is -0.121. The number of benzene rings is 2. The van der Waals surface area contributed by atoms with Crippen LogP contribution in [-0.2, 0) is 11.3 Å². The smallest absolute Gasteiger partial charge is 0.241 e. The van der Waals surface area contributed by atoms with E-state index in [1.807, 2.05) is 6.92 Å². The normalized spacial score (nSPS) is 16.6. The minimum atomic E-state index is -0.218. The Bertz CT molecular complexity index is 819. The molecule has 2 aromatic rings. The Labute approximate surface area is 172 Å². The van der Waals surface area contributed by atoms with Crippen LogP contribution in [0.2, 0.25) is 5.02 Å². The minimum Gasteiger partial charge on any atom is -0.495 e. The van der Waals surface area contributed by atoms with E-state index in [0.29, 0.717) is 16.5 Å². The number of hydrogen-bond donors (Lipinski definition) is 1. The van der Waals surface area contributed by atoms with E-state index in [0.717, 1.165) is 32.7 Å². The van der Waals surface area contributed by atoms with Gasteiger partial charge in [-0.1, -0.05) is 35.9 Å². The average molecular weight is 402 g/mol. The lowest BCUT2D eigenvalue weighted by Crippen LogP contribution is -2.52. The average Bonchev–Trinajstić information content (AvgIpc) is 2.70. The van der Waals surface area contributed by atoms with Gasteiger partial charge in [0.15, 0.2) is 0 Å². The molecule has 1 atom stereocenters. The number of nitrogens with one attached hydrogen (secondary N) is 1. The lowest BCUT2D eigenvalue weighted by Gasteiger charge is -2.37. The molecule has 6 heteroatoms. The maximum Gasteiger partial charge on any atom is 0.241 e. The largest absolute Gasteiger partial charge is 0.495 e. The van der Waals surface area contributed by atoms with Gasteiger partial charge in [0.25, 0.3) is 0 Å².